The highest BCUT2D eigenvalue weighted by Crippen LogP contribution is 2.28. The summed E-state index contributed by atoms with van der Waals surface area (Å²) >= 11 is 0. The van der Waals surface area contributed by atoms with Crippen LogP contribution in [0.5, 0.6) is 5.75 Å². The summed E-state index contributed by atoms with van der Waals surface area (Å²) < 4.78 is 5.22. The molecule has 3 N–H and O–H groups in total. The van der Waals surface area contributed by atoms with E-state index in [0.717, 1.165) is 19.3 Å². The molecular weight excluding hydrogens is 260 g/mol. The van der Waals surface area contributed by atoms with Gasteiger partial charge in [-0.2, -0.15) is 0 Å². The van der Waals surface area contributed by atoms with Crippen LogP contribution in [0.15, 0.2) is 24.3 Å². The Labute approximate surface area is 116 Å². The van der Waals surface area contributed by atoms with E-state index in [1.807, 2.05) is 0 Å². The van der Waals surface area contributed by atoms with Gasteiger partial charge in [0.1, 0.15) is 5.75 Å². The molecule has 1 aromatic rings. The second-order valence-electron chi connectivity index (χ2n) is 4.73. The van der Waals surface area contributed by atoms with Crippen molar-refractivity contribution in [2.24, 2.45) is 11.7 Å². The first-order valence-corrected chi connectivity index (χ1v) is 6.44. The minimum absolute atomic E-state index is 0.0256. The smallest absolute Gasteiger partial charge is 0.314 e. The average Bonchev–Trinajstić information content (AvgIpc) is 2.34. The van der Waals surface area contributed by atoms with Gasteiger partial charge in [-0.25, -0.2) is 0 Å². The monoisotopic (exact) mass is 276 g/mol. The standard InChI is InChI=1S/C14H16N2O4/c15-12(17)8-16-13(18)10-5-2-6-11(7-10)20-14(19)9-3-1-4-9/h2,5-7,9H,1,3-4,8H2,(H2,15,17)(H,16,18). The maximum atomic E-state index is 11.7. The van der Waals surface area contributed by atoms with Crippen molar-refractivity contribution in [1.29, 1.82) is 0 Å². The first-order chi connectivity index (χ1) is 9.56. The molecule has 0 saturated heterocycles. The highest BCUT2D eigenvalue weighted by molar-refractivity contribution is 5.96. The zero-order valence-electron chi connectivity index (χ0n) is 10.9. The highest BCUT2D eigenvalue weighted by Gasteiger charge is 2.27. The van der Waals surface area contributed by atoms with Crippen molar-refractivity contribution in [3.63, 3.8) is 0 Å². The van der Waals surface area contributed by atoms with Gasteiger partial charge in [0.05, 0.1) is 12.5 Å². The first-order valence-electron chi connectivity index (χ1n) is 6.44. The molecule has 20 heavy (non-hydrogen) atoms. The van der Waals surface area contributed by atoms with Gasteiger partial charge in [0.2, 0.25) is 5.91 Å². The summed E-state index contributed by atoms with van der Waals surface area (Å²) in [5.74, 6) is -1.02. The SMILES string of the molecule is NC(=O)CNC(=O)c1cccc(OC(=O)C2CCC2)c1. The Morgan fingerprint density at radius 1 is 1.30 bits per heavy atom. The Bertz CT molecular complexity index is 538. The van der Waals surface area contributed by atoms with Crippen molar-refractivity contribution >= 4 is 17.8 Å². The predicted molar refractivity (Wildman–Crippen MR) is 70.9 cm³/mol. The van der Waals surface area contributed by atoms with Crippen molar-refractivity contribution in [3.8, 4) is 5.75 Å². The van der Waals surface area contributed by atoms with E-state index < -0.39 is 11.8 Å². The molecule has 6 heteroatoms. The second kappa shape index (κ2) is 6.18. The van der Waals surface area contributed by atoms with Crippen molar-refractivity contribution in [3.05, 3.63) is 29.8 Å². The highest BCUT2D eigenvalue weighted by atomic mass is 16.5. The fourth-order valence-corrected chi connectivity index (χ4v) is 1.81. The lowest BCUT2D eigenvalue weighted by atomic mass is 9.86. The number of nitrogens with one attached hydrogen (secondary N) is 1. The number of esters is 1. The molecule has 1 saturated carbocycles. The zero-order chi connectivity index (χ0) is 14.5. The summed E-state index contributed by atoms with van der Waals surface area (Å²) in [7, 11) is 0. The summed E-state index contributed by atoms with van der Waals surface area (Å²) in [5.41, 5.74) is 5.26. The Balaban J connectivity index is 1.97. The van der Waals surface area contributed by atoms with Gasteiger partial charge in [-0.3, -0.25) is 14.4 Å². The van der Waals surface area contributed by atoms with Crippen molar-refractivity contribution in [1.82, 2.24) is 5.32 Å². The molecule has 0 atom stereocenters. The van der Waals surface area contributed by atoms with E-state index in [1.165, 1.54) is 6.07 Å². The van der Waals surface area contributed by atoms with Gasteiger partial charge in [0.25, 0.3) is 5.91 Å². The van der Waals surface area contributed by atoms with Crippen LogP contribution in [0.25, 0.3) is 0 Å². The number of rotatable bonds is 5. The lowest BCUT2D eigenvalue weighted by Gasteiger charge is -2.22. The van der Waals surface area contributed by atoms with E-state index in [9.17, 15) is 14.4 Å². The molecule has 0 radical (unpaired) electrons. The van der Waals surface area contributed by atoms with E-state index in [1.54, 1.807) is 18.2 Å². The van der Waals surface area contributed by atoms with E-state index >= 15 is 0 Å². The number of hydrogen-bond donors (Lipinski definition) is 2. The lowest BCUT2D eigenvalue weighted by molar-refractivity contribution is -0.141. The van der Waals surface area contributed by atoms with E-state index in [-0.39, 0.29) is 18.4 Å². The number of carbonyl (C=O) groups excluding carboxylic acids is 3. The van der Waals surface area contributed by atoms with Gasteiger partial charge in [0, 0.05) is 5.56 Å². The predicted octanol–water partition coefficient (Wildman–Crippen LogP) is 0.607. The van der Waals surface area contributed by atoms with Crippen LogP contribution in [0.2, 0.25) is 0 Å². The van der Waals surface area contributed by atoms with E-state index in [4.69, 9.17) is 10.5 Å². The molecule has 0 aromatic heterocycles. The topological polar surface area (TPSA) is 98.5 Å². The summed E-state index contributed by atoms with van der Waals surface area (Å²) in [6.45, 7) is -0.231. The van der Waals surface area contributed by atoms with Crippen molar-refractivity contribution in [2.75, 3.05) is 6.54 Å². The van der Waals surface area contributed by atoms with Crippen LogP contribution >= 0.6 is 0 Å². The van der Waals surface area contributed by atoms with Gasteiger partial charge >= 0.3 is 5.97 Å². The van der Waals surface area contributed by atoms with Crippen LogP contribution in [0, 0.1) is 5.92 Å². The molecule has 1 aliphatic carbocycles. The zero-order valence-corrected chi connectivity index (χ0v) is 10.9. The largest absolute Gasteiger partial charge is 0.426 e. The maximum absolute atomic E-state index is 11.7. The third kappa shape index (κ3) is 3.57. The van der Waals surface area contributed by atoms with Gasteiger partial charge < -0.3 is 15.8 Å². The summed E-state index contributed by atoms with van der Waals surface area (Å²) in [5, 5.41) is 2.37. The number of nitrogens with two attached hydrogens (primary N) is 1. The number of benzene rings is 1. The van der Waals surface area contributed by atoms with Gasteiger partial charge in [0.15, 0.2) is 0 Å². The van der Waals surface area contributed by atoms with Crippen LogP contribution in [-0.4, -0.2) is 24.3 Å². The number of ether oxygens (including phenoxy) is 1. The molecule has 2 rings (SSSR count). The molecule has 106 valence electrons. The van der Waals surface area contributed by atoms with Gasteiger partial charge in [-0.05, 0) is 31.0 Å². The molecule has 0 spiro atoms. The fraction of sp³-hybridized carbons (Fsp3) is 0.357. The van der Waals surface area contributed by atoms with Crippen LogP contribution in [0.4, 0.5) is 0 Å². The van der Waals surface area contributed by atoms with E-state index in [0.29, 0.717) is 11.3 Å². The molecule has 6 nitrogen and oxygen atoms in total. The number of carbonyl (C=O) groups is 3. The Morgan fingerprint density at radius 2 is 2.05 bits per heavy atom. The normalized spacial score (nSPS) is 14.2. The van der Waals surface area contributed by atoms with E-state index in [2.05, 4.69) is 5.32 Å². The molecule has 0 bridgehead atoms. The molecule has 0 heterocycles. The number of hydrogen-bond acceptors (Lipinski definition) is 4. The minimum Gasteiger partial charge on any atom is -0.426 e. The van der Waals surface area contributed by atoms with Crippen LogP contribution < -0.4 is 15.8 Å². The molecule has 1 aliphatic rings. The Kier molecular flexibility index (Phi) is 4.34. The van der Waals surface area contributed by atoms with Crippen LogP contribution in [0.3, 0.4) is 0 Å². The quantitative estimate of drug-likeness (QED) is 0.608. The Morgan fingerprint density at radius 3 is 2.65 bits per heavy atom. The molecule has 2 amide bonds. The molecule has 1 fully saturated rings. The molecule has 0 aliphatic heterocycles. The second-order valence-corrected chi connectivity index (χ2v) is 4.73. The van der Waals surface area contributed by atoms with Crippen molar-refractivity contribution in [2.45, 2.75) is 19.3 Å². The summed E-state index contributed by atoms with van der Waals surface area (Å²) in [6.07, 6.45) is 2.77. The summed E-state index contributed by atoms with van der Waals surface area (Å²) in [4.78, 5) is 34.0. The number of amides is 2. The summed E-state index contributed by atoms with van der Waals surface area (Å²) in [6, 6.07) is 6.26. The molecular formula is C14H16N2O4. The lowest BCUT2D eigenvalue weighted by Crippen LogP contribution is -2.33. The average molecular weight is 276 g/mol. The van der Waals surface area contributed by atoms with Crippen molar-refractivity contribution < 1.29 is 19.1 Å². The fourth-order valence-electron chi connectivity index (χ4n) is 1.81. The van der Waals surface area contributed by atoms with Gasteiger partial charge in [-0.1, -0.05) is 12.5 Å². The van der Waals surface area contributed by atoms with Crippen LogP contribution in [-0.2, 0) is 9.59 Å². The minimum atomic E-state index is -0.620. The molecule has 0 unspecified atom stereocenters. The van der Waals surface area contributed by atoms with Gasteiger partial charge in [-0.15, -0.1) is 0 Å². The third-order valence-electron chi connectivity index (χ3n) is 3.18. The third-order valence-corrected chi connectivity index (χ3v) is 3.18. The maximum Gasteiger partial charge on any atom is 0.314 e. The van der Waals surface area contributed by atoms with Crippen LogP contribution in [0.1, 0.15) is 29.6 Å². The number of primary amides is 1. The molecule has 1 aromatic carbocycles. The first kappa shape index (κ1) is 14.0. The Hall–Kier alpha value is -2.37.